The van der Waals surface area contributed by atoms with Gasteiger partial charge in [0, 0.05) is 24.3 Å². The molecule has 8 heteroatoms. The van der Waals surface area contributed by atoms with Gasteiger partial charge in [-0.25, -0.2) is 14.7 Å². The van der Waals surface area contributed by atoms with Crippen LogP contribution in [0.25, 0.3) is 0 Å². The highest BCUT2D eigenvalue weighted by molar-refractivity contribution is 5.94. The van der Waals surface area contributed by atoms with Crippen molar-refractivity contribution in [3.63, 3.8) is 0 Å². The van der Waals surface area contributed by atoms with Gasteiger partial charge in [-0.1, -0.05) is 18.2 Å². The van der Waals surface area contributed by atoms with Crippen LogP contribution in [-0.4, -0.2) is 50.3 Å². The first kappa shape index (κ1) is 19.8. The van der Waals surface area contributed by atoms with E-state index < -0.39 is 5.82 Å². The van der Waals surface area contributed by atoms with E-state index in [0.29, 0.717) is 37.6 Å². The average Bonchev–Trinajstić information content (AvgIpc) is 2.73. The van der Waals surface area contributed by atoms with Crippen molar-refractivity contribution in [2.45, 2.75) is 6.54 Å². The van der Waals surface area contributed by atoms with Crippen LogP contribution in [0.2, 0.25) is 0 Å². The Morgan fingerprint density at radius 1 is 1.18 bits per heavy atom. The summed E-state index contributed by atoms with van der Waals surface area (Å²) in [6.45, 7) is 2.17. The van der Waals surface area contributed by atoms with E-state index in [0.717, 1.165) is 5.56 Å². The zero-order valence-electron chi connectivity index (χ0n) is 15.6. The summed E-state index contributed by atoms with van der Waals surface area (Å²) in [5, 5.41) is 0. The summed E-state index contributed by atoms with van der Waals surface area (Å²) in [7, 11) is 1.36. The van der Waals surface area contributed by atoms with Gasteiger partial charge in [-0.05, 0) is 35.9 Å². The molecule has 0 aliphatic carbocycles. The number of halogens is 1. The first-order valence-electron chi connectivity index (χ1n) is 8.90. The molecule has 2 aromatic carbocycles. The topological polar surface area (TPSA) is 71.1 Å². The Morgan fingerprint density at radius 2 is 1.89 bits per heavy atom. The van der Waals surface area contributed by atoms with E-state index in [4.69, 9.17) is 4.74 Å². The van der Waals surface area contributed by atoms with Gasteiger partial charge in [0.2, 0.25) is 0 Å². The van der Waals surface area contributed by atoms with Crippen LogP contribution in [0.3, 0.4) is 0 Å². The van der Waals surface area contributed by atoms with Crippen molar-refractivity contribution in [3.8, 4) is 0 Å². The number of morpholine rings is 1. The second-order valence-corrected chi connectivity index (χ2v) is 6.28. The Labute approximate surface area is 162 Å². The molecule has 1 N–H and O–H groups in total. The van der Waals surface area contributed by atoms with Gasteiger partial charge in [-0.15, -0.1) is 0 Å². The number of nitrogens with zero attached hydrogens (tertiary/aromatic N) is 2. The van der Waals surface area contributed by atoms with Gasteiger partial charge in [0.25, 0.3) is 5.91 Å². The fraction of sp³-hybridized carbons (Fsp3) is 0.300. The van der Waals surface area contributed by atoms with Crippen LogP contribution in [0.4, 0.5) is 14.9 Å². The minimum atomic E-state index is -0.413. The molecule has 1 heterocycles. The largest absolute Gasteiger partial charge is 0.378 e. The molecule has 0 radical (unpaired) electrons. The van der Waals surface area contributed by atoms with Gasteiger partial charge in [-0.2, -0.15) is 0 Å². The number of carbonyl (C=O) groups is 2. The third kappa shape index (κ3) is 4.85. The van der Waals surface area contributed by atoms with Gasteiger partial charge in [0.05, 0.1) is 26.9 Å². The van der Waals surface area contributed by atoms with Gasteiger partial charge in [0.15, 0.2) is 0 Å². The highest BCUT2D eigenvalue weighted by Gasteiger charge is 2.24. The Kier molecular flexibility index (Phi) is 6.57. The minimum Gasteiger partial charge on any atom is -0.378 e. The Bertz CT molecular complexity index is 822. The summed E-state index contributed by atoms with van der Waals surface area (Å²) in [6.07, 6.45) is 0. The molecular formula is C20H22FN3O4. The minimum absolute atomic E-state index is 0.213. The molecule has 0 saturated carbocycles. The standard InChI is InChI=1S/C20H22FN3O4/c1-27-22-19(25)16-7-5-15(6-8-16)14-24(18-4-2-3-17(21)13-18)20(26)23-9-11-28-12-10-23/h2-8,13H,9-12,14H2,1H3,(H,22,25). The number of nitrogens with one attached hydrogen (secondary N) is 1. The van der Waals surface area contributed by atoms with Gasteiger partial charge in [-0.3, -0.25) is 14.5 Å². The fourth-order valence-corrected chi connectivity index (χ4v) is 2.93. The van der Waals surface area contributed by atoms with Gasteiger partial charge >= 0.3 is 6.03 Å². The Hall–Kier alpha value is -2.97. The number of benzene rings is 2. The van der Waals surface area contributed by atoms with E-state index in [-0.39, 0.29) is 18.5 Å². The molecule has 2 aromatic rings. The highest BCUT2D eigenvalue weighted by atomic mass is 19.1. The molecule has 3 amide bonds. The van der Waals surface area contributed by atoms with Crippen molar-refractivity contribution < 1.29 is 23.6 Å². The highest BCUT2D eigenvalue weighted by Crippen LogP contribution is 2.21. The quantitative estimate of drug-likeness (QED) is 0.801. The third-order valence-electron chi connectivity index (χ3n) is 4.38. The first-order valence-corrected chi connectivity index (χ1v) is 8.90. The maximum Gasteiger partial charge on any atom is 0.324 e. The lowest BCUT2D eigenvalue weighted by molar-refractivity contribution is 0.0537. The van der Waals surface area contributed by atoms with E-state index >= 15 is 0 Å². The SMILES string of the molecule is CONC(=O)c1ccc(CN(C(=O)N2CCOCC2)c2cccc(F)c2)cc1. The molecule has 148 valence electrons. The van der Waals surface area contributed by atoms with Crippen molar-refractivity contribution in [2.75, 3.05) is 38.3 Å². The number of anilines is 1. The van der Waals surface area contributed by atoms with E-state index in [1.807, 2.05) is 0 Å². The number of ether oxygens (including phenoxy) is 1. The van der Waals surface area contributed by atoms with Crippen LogP contribution in [-0.2, 0) is 16.1 Å². The van der Waals surface area contributed by atoms with E-state index in [1.54, 1.807) is 41.3 Å². The Morgan fingerprint density at radius 3 is 2.54 bits per heavy atom. The third-order valence-corrected chi connectivity index (χ3v) is 4.38. The summed E-state index contributed by atoms with van der Waals surface area (Å²) in [5.74, 6) is -0.774. The predicted octanol–water partition coefficient (Wildman–Crippen LogP) is 2.58. The van der Waals surface area contributed by atoms with Crippen LogP contribution in [0.15, 0.2) is 48.5 Å². The maximum absolute atomic E-state index is 13.8. The second-order valence-electron chi connectivity index (χ2n) is 6.28. The zero-order valence-corrected chi connectivity index (χ0v) is 15.6. The van der Waals surface area contributed by atoms with Crippen LogP contribution in [0.1, 0.15) is 15.9 Å². The lowest BCUT2D eigenvalue weighted by atomic mass is 10.1. The van der Waals surface area contributed by atoms with Crippen LogP contribution in [0, 0.1) is 5.82 Å². The van der Waals surface area contributed by atoms with Crippen molar-refractivity contribution in [2.24, 2.45) is 0 Å². The number of urea groups is 1. The molecular weight excluding hydrogens is 365 g/mol. The van der Waals surface area contributed by atoms with Crippen molar-refractivity contribution >= 4 is 17.6 Å². The Balaban J connectivity index is 1.82. The molecule has 7 nitrogen and oxygen atoms in total. The average molecular weight is 387 g/mol. The molecule has 0 unspecified atom stereocenters. The van der Waals surface area contributed by atoms with Crippen LogP contribution >= 0.6 is 0 Å². The molecule has 28 heavy (non-hydrogen) atoms. The van der Waals surface area contributed by atoms with Crippen LogP contribution < -0.4 is 10.4 Å². The lowest BCUT2D eigenvalue weighted by Crippen LogP contribution is -2.48. The van der Waals surface area contributed by atoms with Crippen molar-refractivity contribution in [1.82, 2.24) is 10.4 Å². The van der Waals surface area contributed by atoms with E-state index in [1.165, 1.54) is 24.1 Å². The van der Waals surface area contributed by atoms with Crippen LogP contribution in [0.5, 0.6) is 0 Å². The predicted molar refractivity (Wildman–Crippen MR) is 101 cm³/mol. The number of carbonyl (C=O) groups excluding carboxylic acids is 2. The summed E-state index contributed by atoms with van der Waals surface area (Å²) in [4.78, 5) is 32.7. The molecule has 1 fully saturated rings. The second kappa shape index (κ2) is 9.29. The summed E-state index contributed by atoms with van der Waals surface area (Å²) < 4.78 is 19.1. The molecule has 0 aromatic heterocycles. The fourth-order valence-electron chi connectivity index (χ4n) is 2.93. The molecule has 0 spiro atoms. The summed E-state index contributed by atoms with van der Waals surface area (Å²) in [6, 6.07) is 12.5. The maximum atomic E-state index is 13.8. The summed E-state index contributed by atoms with van der Waals surface area (Å²) in [5.41, 5.74) is 3.96. The molecule has 1 aliphatic heterocycles. The van der Waals surface area contributed by atoms with E-state index in [9.17, 15) is 14.0 Å². The number of rotatable bonds is 5. The number of hydroxylamine groups is 1. The molecule has 1 aliphatic rings. The number of hydrogen-bond acceptors (Lipinski definition) is 4. The van der Waals surface area contributed by atoms with Gasteiger partial charge in [0.1, 0.15) is 5.82 Å². The normalized spacial score (nSPS) is 13.9. The van der Waals surface area contributed by atoms with Crippen molar-refractivity contribution in [1.29, 1.82) is 0 Å². The summed E-state index contributed by atoms with van der Waals surface area (Å²) >= 11 is 0. The first-order chi connectivity index (χ1) is 13.6. The van der Waals surface area contributed by atoms with Crippen molar-refractivity contribution in [3.05, 3.63) is 65.5 Å². The molecule has 0 atom stereocenters. The molecule has 3 rings (SSSR count). The molecule has 1 saturated heterocycles. The molecule has 0 bridgehead atoms. The monoisotopic (exact) mass is 387 g/mol. The lowest BCUT2D eigenvalue weighted by Gasteiger charge is -2.33. The smallest absolute Gasteiger partial charge is 0.324 e. The number of hydrogen-bond donors (Lipinski definition) is 1. The van der Waals surface area contributed by atoms with E-state index in [2.05, 4.69) is 10.3 Å². The zero-order chi connectivity index (χ0) is 19.9. The van der Waals surface area contributed by atoms with Gasteiger partial charge < -0.3 is 9.64 Å². The number of amides is 3.